The van der Waals surface area contributed by atoms with Gasteiger partial charge in [-0.3, -0.25) is 9.78 Å². The van der Waals surface area contributed by atoms with Crippen molar-refractivity contribution in [2.75, 3.05) is 5.32 Å². The summed E-state index contributed by atoms with van der Waals surface area (Å²) in [7, 11) is 0. The first kappa shape index (κ1) is 22.3. The largest absolute Gasteiger partial charge is 0.481 e. The fourth-order valence-corrected chi connectivity index (χ4v) is 3.69. The zero-order chi connectivity index (χ0) is 23.8. The molecule has 0 bridgehead atoms. The fraction of sp³-hybridized carbons (Fsp3) is 0.217. The Morgan fingerprint density at radius 2 is 1.97 bits per heavy atom. The maximum absolute atomic E-state index is 14.7. The van der Waals surface area contributed by atoms with Gasteiger partial charge in [-0.15, -0.1) is 0 Å². The molecule has 0 amide bonds. The number of nitrogens with zero attached hydrogens (tertiary/aromatic N) is 3. The molecule has 1 unspecified atom stereocenters. The third-order valence-corrected chi connectivity index (χ3v) is 5.58. The molecule has 0 fully saturated rings. The summed E-state index contributed by atoms with van der Waals surface area (Å²) in [5, 5.41) is 12.5. The summed E-state index contributed by atoms with van der Waals surface area (Å²) in [4.78, 5) is 26.8. The molecule has 33 heavy (non-hydrogen) atoms. The second kappa shape index (κ2) is 8.53. The van der Waals surface area contributed by atoms with Gasteiger partial charge in [0.05, 0.1) is 18.1 Å². The van der Waals surface area contributed by atoms with E-state index < -0.39 is 34.9 Å². The Balaban J connectivity index is 1.75. The number of rotatable bonds is 7. The van der Waals surface area contributed by atoms with Gasteiger partial charge in [-0.1, -0.05) is 19.9 Å². The molecule has 3 aromatic heterocycles. The molecule has 0 saturated carbocycles. The number of carbonyl (C=O) groups is 1. The Hall–Kier alpha value is -3.95. The van der Waals surface area contributed by atoms with Crippen molar-refractivity contribution in [3.8, 4) is 11.4 Å². The summed E-state index contributed by atoms with van der Waals surface area (Å²) < 4.78 is 42.5. The Kier molecular flexibility index (Phi) is 5.75. The van der Waals surface area contributed by atoms with Crippen molar-refractivity contribution < 1.29 is 23.1 Å². The maximum Gasteiger partial charge on any atom is 0.305 e. The summed E-state index contributed by atoms with van der Waals surface area (Å²) in [5.41, 5.74) is 0.129. The van der Waals surface area contributed by atoms with Crippen LogP contribution in [0.3, 0.4) is 0 Å². The van der Waals surface area contributed by atoms with E-state index in [1.54, 1.807) is 38.2 Å². The highest BCUT2D eigenvalue weighted by atomic mass is 19.1. The van der Waals surface area contributed by atoms with E-state index in [0.717, 1.165) is 18.3 Å². The normalized spacial score (nSPS) is 12.6. The molecule has 3 heterocycles. The van der Waals surface area contributed by atoms with E-state index >= 15 is 0 Å². The van der Waals surface area contributed by atoms with Crippen LogP contribution in [0.1, 0.15) is 26.0 Å². The summed E-state index contributed by atoms with van der Waals surface area (Å²) in [6.07, 6.45) is 3.57. The van der Waals surface area contributed by atoms with Crippen LogP contribution in [0.2, 0.25) is 0 Å². The monoisotopic (exact) mass is 455 g/mol. The van der Waals surface area contributed by atoms with Crippen LogP contribution in [0.4, 0.5) is 19.0 Å². The Morgan fingerprint density at radius 3 is 2.67 bits per heavy atom. The molecule has 4 aromatic rings. The predicted octanol–water partition coefficient (Wildman–Crippen LogP) is 4.67. The first-order valence-corrected chi connectivity index (χ1v) is 10.1. The number of anilines is 1. The molecule has 0 aliphatic heterocycles. The number of fused-ring (bicyclic) bond motifs is 1. The van der Waals surface area contributed by atoms with Crippen LogP contribution in [0.5, 0.6) is 0 Å². The SMILES string of the molecule is CC(C)(c1ccccn1)C(CC(=O)O)Nc1nc(-c2c[nH]c3c(F)cc(F)cc23)ncc1F. The van der Waals surface area contributed by atoms with Gasteiger partial charge in [0.15, 0.2) is 17.5 Å². The number of aromatic nitrogens is 4. The number of benzene rings is 1. The van der Waals surface area contributed by atoms with Crippen molar-refractivity contribution in [1.29, 1.82) is 0 Å². The number of halogens is 3. The van der Waals surface area contributed by atoms with E-state index in [1.807, 2.05) is 0 Å². The van der Waals surface area contributed by atoms with Gasteiger partial charge in [-0.05, 0) is 18.2 Å². The number of carboxylic acid groups (broad SMARTS) is 1. The van der Waals surface area contributed by atoms with Gasteiger partial charge >= 0.3 is 5.97 Å². The van der Waals surface area contributed by atoms with Crippen molar-refractivity contribution in [3.05, 3.63) is 72.1 Å². The highest BCUT2D eigenvalue weighted by Crippen LogP contribution is 2.32. The number of pyridine rings is 1. The van der Waals surface area contributed by atoms with Gasteiger partial charge in [0.2, 0.25) is 0 Å². The molecule has 10 heteroatoms. The Labute approximate surface area is 186 Å². The molecule has 0 aliphatic carbocycles. The van der Waals surface area contributed by atoms with Crippen LogP contribution in [-0.4, -0.2) is 37.1 Å². The van der Waals surface area contributed by atoms with Gasteiger partial charge in [-0.25, -0.2) is 23.1 Å². The molecular weight excluding hydrogens is 435 g/mol. The molecule has 0 aliphatic rings. The lowest BCUT2D eigenvalue weighted by molar-refractivity contribution is -0.137. The van der Waals surface area contributed by atoms with Crippen molar-refractivity contribution in [2.45, 2.75) is 31.7 Å². The summed E-state index contributed by atoms with van der Waals surface area (Å²) in [6.45, 7) is 3.59. The minimum absolute atomic E-state index is 0.0138. The van der Waals surface area contributed by atoms with Gasteiger partial charge < -0.3 is 15.4 Å². The first-order valence-electron chi connectivity index (χ1n) is 10.1. The molecule has 3 N–H and O–H groups in total. The van der Waals surface area contributed by atoms with Gasteiger partial charge in [-0.2, -0.15) is 0 Å². The molecule has 7 nitrogen and oxygen atoms in total. The lowest BCUT2D eigenvalue weighted by Crippen LogP contribution is -2.42. The smallest absolute Gasteiger partial charge is 0.305 e. The standard InChI is InChI=1S/C23H20F3N5O2/c1-23(2,17-5-3-4-6-27-17)18(9-19(32)33)30-22-16(26)11-29-21(31-22)14-10-28-20-13(14)7-12(24)8-15(20)25/h3-8,10-11,18,28H,9H2,1-2H3,(H,32,33)(H,29,30,31). The van der Waals surface area contributed by atoms with E-state index in [0.29, 0.717) is 5.69 Å². The molecule has 0 spiro atoms. The third-order valence-electron chi connectivity index (χ3n) is 5.58. The third kappa shape index (κ3) is 4.36. The van der Waals surface area contributed by atoms with Crippen LogP contribution in [-0.2, 0) is 10.2 Å². The van der Waals surface area contributed by atoms with Gasteiger partial charge in [0, 0.05) is 46.6 Å². The molecule has 170 valence electrons. The van der Waals surface area contributed by atoms with Crippen molar-refractivity contribution in [1.82, 2.24) is 19.9 Å². The number of H-pyrrole nitrogens is 1. The molecular formula is C23H20F3N5O2. The molecule has 1 aromatic carbocycles. The minimum Gasteiger partial charge on any atom is -0.481 e. The number of hydrogen-bond acceptors (Lipinski definition) is 5. The molecule has 4 rings (SSSR count). The predicted molar refractivity (Wildman–Crippen MR) is 116 cm³/mol. The minimum atomic E-state index is -1.09. The molecule has 0 radical (unpaired) electrons. The zero-order valence-electron chi connectivity index (χ0n) is 17.7. The van der Waals surface area contributed by atoms with Gasteiger partial charge in [0.1, 0.15) is 11.6 Å². The number of nitrogens with one attached hydrogen (secondary N) is 2. The van der Waals surface area contributed by atoms with E-state index in [4.69, 9.17) is 0 Å². The topological polar surface area (TPSA) is 104 Å². The van der Waals surface area contributed by atoms with Crippen molar-refractivity contribution in [3.63, 3.8) is 0 Å². The first-order chi connectivity index (χ1) is 15.7. The van der Waals surface area contributed by atoms with Crippen LogP contribution in [0.25, 0.3) is 22.3 Å². The van der Waals surface area contributed by atoms with Gasteiger partial charge in [0.25, 0.3) is 0 Å². The molecule has 1 atom stereocenters. The van der Waals surface area contributed by atoms with E-state index in [2.05, 4.69) is 25.3 Å². The Morgan fingerprint density at radius 1 is 1.18 bits per heavy atom. The Bertz CT molecular complexity index is 1320. The zero-order valence-corrected chi connectivity index (χ0v) is 17.7. The number of aromatic amines is 1. The summed E-state index contributed by atoms with van der Waals surface area (Å²) in [6, 6.07) is 6.36. The van der Waals surface area contributed by atoms with Crippen LogP contribution in [0, 0.1) is 17.5 Å². The maximum atomic E-state index is 14.7. The second-order valence-corrected chi connectivity index (χ2v) is 8.13. The van der Waals surface area contributed by atoms with Crippen molar-refractivity contribution in [2.24, 2.45) is 0 Å². The lowest BCUT2D eigenvalue weighted by Gasteiger charge is -2.34. The molecule has 0 saturated heterocycles. The quantitative estimate of drug-likeness (QED) is 0.374. The number of carboxylic acids is 1. The highest BCUT2D eigenvalue weighted by molar-refractivity contribution is 5.94. The van der Waals surface area contributed by atoms with Crippen LogP contribution in [0.15, 0.2) is 48.9 Å². The van der Waals surface area contributed by atoms with E-state index in [9.17, 15) is 23.1 Å². The number of hydrogen-bond donors (Lipinski definition) is 3. The number of aliphatic carboxylic acids is 1. The van der Waals surface area contributed by atoms with Crippen LogP contribution >= 0.6 is 0 Å². The van der Waals surface area contributed by atoms with Crippen LogP contribution < -0.4 is 5.32 Å². The summed E-state index contributed by atoms with van der Waals surface area (Å²) in [5.74, 6) is -3.67. The average Bonchev–Trinajstić information content (AvgIpc) is 3.19. The fourth-order valence-electron chi connectivity index (χ4n) is 3.69. The highest BCUT2D eigenvalue weighted by Gasteiger charge is 2.35. The second-order valence-electron chi connectivity index (χ2n) is 8.13. The summed E-state index contributed by atoms with van der Waals surface area (Å²) >= 11 is 0. The van der Waals surface area contributed by atoms with E-state index in [-0.39, 0.29) is 34.5 Å². The lowest BCUT2D eigenvalue weighted by atomic mass is 9.79. The van der Waals surface area contributed by atoms with Crippen molar-refractivity contribution >= 4 is 22.7 Å². The average molecular weight is 455 g/mol. The van der Waals surface area contributed by atoms with E-state index in [1.165, 1.54) is 6.20 Å².